The largest absolute Gasteiger partial charge is 0.278 e. The maximum atomic E-state index is 5.03. The van der Waals surface area contributed by atoms with Crippen LogP contribution in [0.25, 0.3) is 48.1 Å². The molecular weight excluding hydrogens is 350 g/mol. The van der Waals surface area contributed by atoms with Crippen LogP contribution in [0.4, 0.5) is 0 Å². The maximum Gasteiger partial charge on any atom is 0.235 e. The van der Waals surface area contributed by atoms with E-state index in [0.29, 0.717) is 0 Å². The number of aryl methyl sites for hydroxylation is 1. The molecule has 0 radical (unpaired) electrons. The number of aromatic nitrogens is 3. The van der Waals surface area contributed by atoms with Gasteiger partial charge in [0.15, 0.2) is 0 Å². The third kappa shape index (κ3) is 2.02. The SMILES string of the molecule is Cc1nc(-n2c3ccccc3c3ccccc32)nc2c1sc1ccccc12. The molecule has 0 bridgehead atoms. The number of hydrogen-bond donors (Lipinski definition) is 0. The zero-order chi connectivity index (χ0) is 18.0. The molecule has 3 heterocycles. The second-order valence-electron chi connectivity index (χ2n) is 6.75. The first-order valence-corrected chi connectivity index (χ1v) is 9.77. The van der Waals surface area contributed by atoms with Crippen molar-refractivity contribution in [1.29, 1.82) is 0 Å². The molecule has 0 atom stereocenters. The number of fused-ring (bicyclic) bond motifs is 6. The topological polar surface area (TPSA) is 30.7 Å². The monoisotopic (exact) mass is 365 g/mol. The van der Waals surface area contributed by atoms with Gasteiger partial charge in [0.25, 0.3) is 0 Å². The zero-order valence-corrected chi connectivity index (χ0v) is 15.5. The summed E-state index contributed by atoms with van der Waals surface area (Å²) in [5.41, 5.74) is 4.34. The molecule has 0 aliphatic rings. The Kier molecular flexibility index (Phi) is 2.96. The molecule has 0 spiro atoms. The summed E-state index contributed by atoms with van der Waals surface area (Å²) in [7, 11) is 0. The Labute approximate surface area is 159 Å². The van der Waals surface area contributed by atoms with Crippen molar-refractivity contribution in [3.63, 3.8) is 0 Å². The van der Waals surface area contributed by atoms with Gasteiger partial charge >= 0.3 is 0 Å². The quantitative estimate of drug-likeness (QED) is 0.345. The van der Waals surface area contributed by atoms with Gasteiger partial charge in [-0.2, -0.15) is 0 Å². The highest BCUT2D eigenvalue weighted by Crippen LogP contribution is 2.36. The highest BCUT2D eigenvalue weighted by atomic mass is 32.1. The molecule has 6 rings (SSSR count). The summed E-state index contributed by atoms with van der Waals surface area (Å²) in [4.78, 5) is 9.93. The molecule has 128 valence electrons. The summed E-state index contributed by atoms with van der Waals surface area (Å²) in [6, 6.07) is 25.4. The molecular formula is C23H15N3S. The minimum atomic E-state index is 0.737. The Morgan fingerprint density at radius 2 is 1.30 bits per heavy atom. The van der Waals surface area contributed by atoms with Gasteiger partial charge in [0.2, 0.25) is 5.95 Å². The van der Waals surface area contributed by atoms with Gasteiger partial charge < -0.3 is 0 Å². The summed E-state index contributed by atoms with van der Waals surface area (Å²) in [6.07, 6.45) is 0. The molecule has 6 aromatic rings. The van der Waals surface area contributed by atoms with Crippen LogP contribution in [-0.2, 0) is 0 Å². The van der Waals surface area contributed by atoms with E-state index < -0.39 is 0 Å². The summed E-state index contributed by atoms with van der Waals surface area (Å²) in [5, 5.41) is 3.65. The normalized spacial score (nSPS) is 11.9. The first-order valence-electron chi connectivity index (χ1n) is 8.96. The van der Waals surface area contributed by atoms with E-state index in [1.54, 1.807) is 11.3 Å². The van der Waals surface area contributed by atoms with Gasteiger partial charge in [-0.3, -0.25) is 4.57 Å². The van der Waals surface area contributed by atoms with Gasteiger partial charge in [0, 0.05) is 20.9 Å². The smallest absolute Gasteiger partial charge is 0.235 e. The zero-order valence-electron chi connectivity index (χ0n) is 14.7. The van der Waals surface area contributed by atoms with Crippen LogP contribution in [0.1, 0.15) is 5.69 Å². The van der Waals surface area contributed by atoms with E-state index in [1.807, 2.05) is 0 Å². The molecule has 3 aromatic heterocycles. The molecule has 0 N–H and O–H groups in total. The van der Waals surface area contributed by atoms with Crippen molar-refractivity contribution in [2.45, 2.75) is 6.92 Å². The molecule has 0 unspecified atom stereocenters. The fraction of sp³-hybridized carbons (Fsp3) is 0.0435. The van der Waals surface area contributed by atoms with Crippen LogP contribution in [0.5, 0.6) is 0 Å². The molecule has 0 amide bonds. The molecule has 3 nitrogen and oxygen atoms in total. The van der Waals surface area contributed by atoms with E-state index in [2.05, 4.69) is 84.3 Å². The number of para-hydroxylation sites is 2. The lowest BCUT2D eigenvalue weighted by Crippen LogP contribution is -2.02. The number of thiophene rings is 1. The summed E-state index contributed by atoms with van der Waals surface area (Å²) < 4.78 is 4.61. The van der Waals surface area contributed by atoms with Crippen LogP contribution < -0.4 is 0 Å². The lowest BCUT2D eigenvalue weighted by molar-refractivity contribution is 0.993. The van der Waals surface area contributed by atoms with Crippen molar-refractivity contribution in [2.75, 3.05) is 0 Å². The van der Waals surface area contributed by atoms with Crippen LogP contribution in [0.15, 0.2) is 72.8 Å². The van der Waals surface area contributed by atoms with Crippen molar-refractivity contribution in [3.05, 3.63) is 78.5 Å². The van der Waals surface area contributed by atoms with Gasteiger partial charge in [0.1, 0.15) is 0 Å². The Balaban J connectivity index is 1.79. The van der Waals surface area contributed by atoms with E-state index in [-0.39, 0.29) is 0 Å². The minimum absolute atomic E-state index is 0.737. The molecule has 0 aliphatic heterocycles. The predicted molar refractivity (Wildman–Crippen MR) is 114 cm³/mol. The highest BCUT2D eigenvalue weighted by molar-refractivity contribution is 7.25. The molecule has 0 fully saturated rings. The van der Waals surface area contributed by atoms with E-state index in [9.17, 15) is 0 Å². The van der Waals surface area contributed by atoms with Crippen LogP contribution in [0.2, 0.25) is 0 Å². The Bertz CT molecular complexity index is 1440. The Morgan fingerprint density at radius 1 is 0.704 bits per heavy atom. The third-order valence-electron chi connectivity index (χ3n) is 5.16. The van der Waals surface area contributed by atoms with Gasteiger partial charge in [-0.25, -0.2) is 9.97 Å². The molecule has 0 saturated carbocycles. The summed E-state index contributed by atoms with van der Waals surface area (Å²) in [5.74, 6) is 0.737. The minimum Gasteiger partial charge on any atom is -0.278 e. The number of hydrogen-bond acceptors (Lipinski definition) is 3. The van der Waals surface area contributed by atoms with Crippen LogP contribution >= 0.6 is 11.3 Å². The fourth-order valence-corrected chi connectivity index (χ4v) is 5.04. The summed E-state index contributed by atoms with van der Waals surface area (Å²) in [6.45, 7) is 2.08. The van der Waals surface area contributed by atoms with Crippen LogP contribution in [-0.4, -0.2) is 14.5 Å². The second-order valence-corrected chi connectivity index (χ2v) is 7.81. The number of rotatable bonds is 1. The standard InChI is InChI=1S/C23H15N3S/c1-14-22-21(17-10-4-7-13-20(17)27-22)25-23(24-14)26-18-11-5-2-8-15(18)16-9-3-6-12-19(16)26/h2-13H,1H3. The van der Waals surface area contributed by atoms with Crippen molar-refractivity contribution in [1.82, 2.24) is 14.5 Å². The fourth-order valence-electron chi connectivity index (χ4n) is 3.95. The second kappa shape index (κ2) is 5.38. The van der Waals surface area contributed by atoms with Gasteiger partial charge in [-0.1, -0.05) is 54.6 Å². The molecule has 3 aromatic carbocycles. The Morgan fingerprint density at radius 3 is 2.00 bits per heavy atom. The van der Waals surface area contributed by atoms with E-state index in [0.717, 1.165) is 28.2 Å². The van der Waals surface area contributed by atoms with Crippen molar-refractivity contribution >= 4 is 53.4 Å². The molecule has 4 heteroatoms. The van der Waals surface area contributed by atoms with E-state index in [1.165, 1.54) is 25.6 Å². The van der Waals surface area contributed by atoms with Crippen molar-refractivity contribution in [3.8, 4) is 5.95 Å². The molecule has 27 heavy (non-hydrogen) atoms. The lowest BCUT2D eigenvalue weighted by Gasteiger charge is -2.07. The number of nitrogens with zero attached hydrogens (tertiary/aromatic N) is 3. The first kappa shape index (κ1) is 14.9. The van der Waals surface area contributed by atoms with Gasteiger partial charge in [0.05, 0.1) is 26.9 Å². The van der Waals surface area contributed by atoms with Gasteiger partial charge in [-0.05, 0) is 25.1 Å². The predicted octanol–water partition coefficient (Wildman–Crippen LogP) is 6.25. The van der Waals surface area contributed by atoms with Crippen molar-refractivity contribution < 1.29 is 0 Å². The first-order chi connectivity index (χ1) is 13.3. The van der Waals surface area contributed by atoms with E-state index in [4.69, 9.17) is 9.97 Å². The molecule has 0 saturated heterocycles. The third-order valence-corrected chi connectivity index (χ3v) is 6.43. The number of benzene rings is 3. The van der Waals surface area contributed by atoms with Crippen molar-refractivity contribution in [2.24, 2.45) is 0 Å². The maximum absolute atomic E-state index is 5.03. The highest BCUT2D eigenvalue weighted by Gasteiger charge is 2.16. The average molecular weight is 365 g/mol. The lowest BCUT2D eigenvalue weighted by atomic mass is 10.2. The van der Waals surface area contributed by atoms with Gasteiger partial charge in [-0.15, -0.1) is 11.3 Å². The van der Waals surface area contributed by atoms with Crippen LogP contribution in [0.3, 0.4) is 0 Å². The van der Waals surface area contributed by atoms with Crippen LogP contribution in [0, 0.1) is 6.92 Å². The average Bonchev–Trinajstić information content (AvgIpc) is 3.24. The van der Waals surface area contributed by atoms with E-state index >= 15 is 0 Å². The summed E-state index contributed by atoms with van der Waals surface area (Å²) >= 11 is 1.77. The Hall–Kier alpha value is -3.24. The molecule has 0 aliphatic carbocycles.